The molecule has 1 aliphatic heterocycles. The molecule has 0 aliphatic carbocycles. The molecule has 3 N–H and O–H groups in total. The summed E-state index contributed by atoms with van der Waals surface area (Å²) in [5.74, 6) is 0. The lowest BCUT2D eigenvalue weighted by Crippen LogP contribution is -2.42. The Morgan fingerprint density at radius 2 is 2.18 bits per heavy atom. The van der Waals surface area contributed by atoms with Gasteiger partial charge in [-0.3, -0.25) is 5.01 Å². The average molecular weight is 272 g/mol. The topological polar surface area (TPSA) is 47.5 Å². The zero-order valence-electron chi connectivity index (χ0n) is 9.35. The summed E-state index contributed by atoms with van der Waals surface area (Å²) in [6.45, 7) is 2.28. The van der Waals surface area contributed by atoms with Crippen LogP contribution in [0, 0.1) is 0 Å². The highest BCUT2D eigenvalue weighted by molar-refractivity contribution is 7.80. The second-order valence-electron chi connectivity index (χ2n) is 3.89. The van der Waals surface area contributed by atoms with Gasteiger partial charge in [-0.05, 0) is 30.8 Å². The van der Waals surface area contributed by atoms with Crippen LogP contribution in [0.3, 0.4) is 0 Å². The van der Waals surface area contributed by atoms with Crippen molar-refractivity contribution in [2.24, 2.45) is 0 Å². The fourth-order valence-corrected chi connectivity index (χ4v) is 2.41. The average Bonchev–Trinajstić information content (AvgIpc) is 2.68. The lowest BCUT2D eigenvalue weighted by Gasteiger charge is -2.31. The first-order valence-corrected chi connectivity index (χ1v) is 6.13. The van der Waals surface area contributed by atoms with Gasteiger partial charge in [-0.15, -0.1) is 0 Å². The van der Waals surface area contributed by atoms with Crippen LogP contribution in [0.25, 0.3) is 0 Å². The Morgan fingerprint density at radius 3 is 2.71 bits per heavy atom. The Balaban J connectivity index is 2.36. The highest BCUT2D eigenvalue weighted by atomic mass is 35.5. The predicted molar refractivity (Wildman–Crippen MR) is 71.4 cm³/mol. The maximum atomic E-state index is 9.94. The molecule has 1 aliphatic rings. The number of hydrogen-bond acceptors (Lipinski definition) is 3. The number of nitrogens with one attached hydrogen (secondary N) is 2. The molecule has 92 valence electrons. The molecule has 2 atom stereocenters. The summed E-state index contributed by atoms with van der Waals surface area (Å²) in [5.41, 5.74) is 3.93. The molecule has 1 fully saturated rings. The van der Waals surface area contributed by atoms with E-state index < -0.39 is 6.10 Å². The molecule has 0 saturated carbocycles. The maximum Gasteiger partial charge on any atom is 0.185 e. The van der Waals surface area contributed by atoms with Gasteiger partial charge in [0.2, 0.25) is 0 Å². The van der Waals surface area contributed by atoms with Crippen LogP contribution < -0.4 is 10.7 Å². The molecule has 2 unspecified atom stereocenters. The van der Waals surface area contributed by atoms with Crippen LogP contribution in [0.2, 0.25) is 5.02 Å². The van der Waals surface area contributed by atoms with Crippen molar-refractivity contribution < 1.29 is 5.11 Å². The van der Waals surface area contributed by atoms with E-state index in [-0.39, 0.29) is 6.04 Å². The predicted octanol–water partition coefficient (Wildman–Crippen LogP) is 1.41. The number of hydrazine groups is 1. The summed E-state index contributed by atoms with van der Waals surface area (Å²) >= 11 is 11.3. The minimum Gasteiger partial charge on any atom is -0.391 e. The number of aliphatic hydroxyl groups is 1. The van der Waals surface area contributed by atoms with E-state index in [1.165, 1.54) is 0 Å². The Morgan fingerprint density at radius 1 is 1.47 bits per heavy atom. The number of rotatable bonds is 3. The zero-order valence-corrected chi connectivity index (χ0v) is 10.9. The standard InChI is InChI=1S/C11H14ClN3OS/c1-7(16)10(15-11(17)13-6-14-15)8-4-2-3-5-9(8)12/h2-5,7,10,14,16H,6H2,1H3,(H,13,17). The quantitative estimate of drug-likeness (QED) is 0.726. The molecule has 0 radical (unpaired) electrons. The van der Waals surface area contributed by atoms with E-state index in [1.807, 2.05) is 18.2 Å². The van der Waals surface area contributed by atoms with E-state index in [0.29, 0.717) is 16.8 Å². The van der Waals surface area contributed by atoms with Gasteiger partial charge in [0, 0.05) is 5.02 Å². The summed E-state index contributed by atoms with van der Waals surface area (Å²) in [4.78, 5) is 0. The zero-order chi connectivity index (χ0) is 12.4. The lowest BCUT2D eigenvalue weighted by atomic mass is 10.0. The Labute approximate surface area is 111 Å². The maximum absolute atomic E-state index is 9.94. The number of benzene rings is 1. The number of hydrogen-bond donors (Lipinski definition) is 3. The van der Waals surface area contributed by atoms with Gasteiger partial charge < -0.3 is 10.4 Å². The van der Waals surface area contributed by atoms with Crippen molar-refractivity contribution >= 4 is 28.9 Å². The molecule has 0 amide bonds. The normalized spacial score (nSPS) is 19.0. The highest BCUT2D eigenvalue weighted by Crippen LogP contribution is 2.29. The largest absolute Gasteiger partial charge is 0.391 e. The molecule has 1 saturated heterocycles. The molecule has 0 aromatic heterocycles. The molecule has 17 heavy (non-hydrogen) atoms. The van der Waals surface area contributed by atoms with E-state index in [4.69, 9.17) is 23.8 Å². The number of halogens is 1. The second-order valence-corrected chi connectivity index (χ2v) is 4.69. The minimum absolute atomic E-state index is 0.300. The Hall–Kier alpha value is -0.880. The van der Waals surface area contributed by atoms with Crippen LogP contribution in [-0.2, 0) is 0 Å². The molecular weight excluding hydrogens is 258 g/mol. The van der Waals surface area contributed by atoms with Crippen LogP contribution >= 0.6 is 23.8 Å². The third kappa shape index (κ3) is 2.52. The molecule has 6 heteroatoms. The summed E-state index contributed by atoms with van der Waals surface area (Å²) < 4.78 is 0. The van der Waals surface area contributed by atoms with Crippen LogP contribution in [0.4, 0.5) is 0 Å². The lowest BCUT2D eigenvalue weighted by molar-refractivity contribution is 0.0841. The van der Waals surface area contributed by atoms with Gasteiger partial charge in [0.25, 0.3) is 0 Å². The summed E-state index contributed by atoms with van der Waals surface area (Å²) in [6.07, 6.45) is -0.597. The van der Waals surface area contributed by atoms with E-state index in [2.05, 4.69) is 10.7 Å². The Kier molecular flexibility index (Phi) is 3.83. The fraction of sp³-hybridized carbons (Fsp3) is 0.364. The number of thiocarbonyl (C=S) groups is 1. The molecule has 1 heterocycles. The smallest absolute Gasteiger partial charge is 0.185 e. The SMILES string of the molecule is CC(O)C(c1ccccc1Cl)N1NCNC1=S. The third-order valence-electron chi connectivity index (χ3n) is 2.67. The first kappa shape index (κ1) is 12.6. The molecule has 4 nitrogen and oxygen atoms in total. The van der Waals surface area contributed by atoms with Gasteiger partial charge in [0.1, 0.15) is 0 Å². The van der Waals surface area contributed by atoms with Gasteiger partial charge in [-0.1, -0.05) is 29.8 Å². The first-order valence-electron chi connectivity index (χ1n) is 5.34. The second kappa shape index (κ2) is 5.18. The van der Waals surface area contributed by atoms with Crippen molar-refractivity contribution in [3.63, 3.8) is 0 Å². The van der Waals surface area contributed by atoms with Crippen LogP contribution in [0.5, 0.6) is 0 Å². The summed E-state index contributed by atoms with van der Waals surface area (Å²) in [5, 5.41) is 15.8. The van der Waals surface area contributed by atoms with E-state index in [1.54, 1.807) is 18.0 Å². The van der Waals surface area contributed by atoms with Gasteiger partial charge in [0.15, 0.2) is 5.11 Å². The van der Waals surface area contributed by atoms with Crippen LogP contribution in [0.1, 0.15) is 18.5 Å². The van der Waals surface area contributed by atoms with Crippen molar-refractivity contribution in [3.8, 4) is 0 Å². The first-order chi connectivity index (χ1) is 8.11. The minimum atomic E-state index is -0.597. The molecule has 0 spiro atoms. The van der Waals surface area contributed by atoms with E-state index >= 15 is 0 Å². The molecule has 2 rings (SSSR count). The van der Waals surface area contributed by atoms with Gasteiger partial charge in [0.05, 0.1) is 18.8 Å². The van der Waals surface area contributed by atoms with Gasteiger partial charge in [-0.2, -0.15) is 0 Å². The van der Waals surface area contributed by atoms with Crippen molar-refractivity contribution in [2.45, 2.75) is 19.1 Å². The Bertz CT molecular complexity index is 427. The van der Waals surface area contributed by atoms with Gasteiger partial charge in [-0.25, -0.2) is 5.43 Å². The third-order valence-corrected chi connectivity index (χ3v) is 3.35. The summed E-state index contributed by atoms with van der Waals surface area (Å²) in [6, 6.07) is 7.15. The monoisotopic (exact) mass is 271 g/mol. The van der Waals surface area contributed by atoms with Crippen molar-refractivity contribution in [2.75, 3.05) is 6.67 Å². The number of nitrogens with zero attached hydrogens (tertiary/aromatic N) is 1. The molecular formula is C11H14ClN3OS. The van der Waals surface area contributed by atoms with Crippen molar-refractivity contribution in [1.29, 1.82) is 0 Å². The van der Waals surface area contributed by atoms with Gasteiger partial charge >= 0.3 is 0 Å². The van der Waals surface area contributed by atoms with E-state index in [0.717, 1.165) is 5.56 Å². The number of aliphatic hydroxyl groups excluding tert-OH is 1. The van der Waals surface area contributed by atoms with Crippen LogP contribution in [0.15, 0.2) is 24.3 Å². The van der Waals surface area contributed by atoms with Crippen molar-refractivity contribution in [3.05, 3.63) is 34.9 Å². The van der Waals surface area contributed by atoms with Crippen molar-refractivity contribution in [1.82, 2.24) is 15.8 Å². The molecule has 1 aromatic rings. The van der Waals surface area contributed by atoms with E-state index in [9.17, 15) is 5.11 Å². The molecule has 1 aromatic carbocycles. The highest BCUT2D eigenvalue weighted by Gasteiger charge is 2.31. The molecule has 0 bridgehead atoms. The van der Waals surface area contributed by atoms with Crippen LogP contribution in [-0.4, -0.2) is 28.0 Å². The fourth-order valence-electron chi connectivity index (χ4n) is 1.91. The summed E-state index contributed by atoms with van der Waals surface area (Å²) in [7, 11) is 0.